The number of aromatic nitrogens is 4. The fourth-order valence-electron chi connectivity index (χ4n) is 2.24. The lowest BCUT2D eigenvalue weighted by Crippen LogP contribution is -2.31. The lowest BCUT2D eigenvalue weighted by atomic mass is 9.93. The third-order valence-electron chi connectivity index (χ3n) is 3.59. The highest BCUT2D eigenvalue weighted by atomic mass is 16.6. The van der Waals surface area contributed by atoms with Gasteiger partial charge in [-0.1, -0.05) is 0 Å². The van der Waals surface area contributed by atoms with Gasteiger partial charge in [0, 0.05) is 0 Å². The first kappa shape index (κ1) is 14.6. The summed E-state index contributed by atoms with van der Waals surface area (Å²) in [5, 5.41) is 7.76. The molecule has 0 bridgehead atoms. The van der Waals surface area contributed by atoms with Gasteiger partial charge in [-0.3, -0.25) is 0 Å². The summed E-state index contributed by atoms with van der Waals surface area (Å²) in [4.78, 5) is 23.9. The maximum Gasteiger partial charge on any atom is 0.374 e. The third kappa shape index (κ3) is 2.81. The first-order valence-corrected chi connectivity index (χ1v) is 7.36. The van der Waals surface area contributed by atoms with Crippen molar-refractivity contribution in [1.29, 1.82) is 0 Å². The van der Waals surface area contributed by atoms with Crippen molar-refractivity contribution in [2.45, 2.75) is 51.8 Å². The summed E-state index contributed by atoms with van der Waals surface area (Å²) >= 11 is 0. The molecule has 0 spiro atoms. The second-order valence-corrected chi connectivity index (χ2v) is 5.67. The largest absolute Gasteiger partial charge is 0.457 e. The quantitative estimate of drug-likeness (QED) is 0.775. The summed E-state index contributed by atoms with van der Waals surface area (Å²) in [7, 11) is 0. The van der Waals surface area contributed by atoms with Crippen LogP contribution in [0.4, 0.5) is 0 Å². The van der Waals surface area contributed by atoms with Crippen LogP contribution in [-0.2, 0) is 11.3 Å². The van der Waals surface area contributed by atoms with Crippen LogP contribution >= 0.6 is 0 Å². The maximum absolute atomic E-state index is 12.2. The van der Waals surface area contributed by atoms with E-state index in [4.69, 9.17) is 9.15 Å². The van der Waals surface area contributed by atoms with Crippen LogP contribution in [0, 0.1) is 0 Å². The highest BCUT2D eigenvalue weighted by Gasteiger charge is 2.24. The number of carbonyl (C=O) groups excluding carboxylic acids is 1. The highest BCUT2D eigenvalue weighted by molar-refractivity contribution is 5.86. The van der Waals surface area contributed by atoms with Crippen LogP contribution < -0.4 is 5.69 Å². The fraction of sp³-hybridized carbons (Fsp3) is 0.571. The predicted octanol–water partition coefficient (Wildman–Crippen LogP) is 1.37. The van der Waals surface area contributed by atoms with E-state index in [-0.39, 0.29) is 30.1 Å². The molecule has 1 aliphatic carbocycles. The molecule has 0 atom stereocenters. The lowest BCUT2D eigenvalue weighted by Gasteiger charge is -2.23. The van der Waals surface area contributed by atoms with E-state index in [0.717, 1.165) is 19.3 Å². The van der Waals surface area contributed by atoms with Crippen molar-refractivity contribution in [2.24, 2.45) is 0 Å². The number of carbonyl (C=O) groups is 1. The van der Waals surface area contributed by atoms with Crippen LogP contribution in [0.3, 0.4) is 0 Å². The zero-order valence-electron chi connectivity index (χ0n) is 12.6. The van der Waals surface area contributed by atoms with Gasteiger partial charge in [0.25, 0.3) is 0 Å². The number of esters is 1. The van der Waals surface area contributed by atoms with Crippen molar-refractivity contribution in [3.63, 3.8) is 0 Å². The van der Waals surface area contributed by atoms with Gasteiger partial charge >= 0.3 is 11.7 Å². The van der Waals surface area contributed by atoms with Gasteiger partial charge < -0.3 is 9.15 Å². The molecule has 8 nitrogen and oxygen atoms in total. The van der Waals surface area contributed by atoms with Gasteiger partial charge in [0.15, 0.2) is 0 Å². The standard InChI is InChI=1S/C14H18N4O4/c1-9(2)21-13(19)12-7-6-11(22-12)8-17-14(20)18(16-15-17)10-4-3-5-10/h6-7,9-10H,3-5,8H2,1-2H3. The minimum absolute atomic E-state index is 0.114. The summed E-state index contributed by atoms with van der Waals surface area (Å²) in [6.45, 7) is 3.67. The summed E-state index contributed by atoms with van der Waals surface area (Å²) < 4.78 is 13.1. The molecule has 1 saturated carbocycles. The summed E-state index contributed by atoms with van der Waals surface area (Å²) in [6.07, 6.45) is 2.82. The average molecular weight is 306 g/mol. The van der Waals surface area contributed by atoms with Crippen molar-refractivity contribution in [3.8, 4) is 0 Å². The third-order valence-corrected chi connectivity index (χ3v) is 3.59. The number of nitrogens with zero attached hydrogens (tertiary/aromatic N) is 4. The van der Waals surface area contributed by atoms with Gasteiger partial charge in [-0.05, 0) is 55.7 Å². The lowest BCUT2D eigenvalue weighted by molar-refractivity contribution is 0.0339. The first-order valence-electron chi connectivity index (χ1n) is 7.36. The van der Waals surface area contributed by atoms with Crippen molar-refractivity contribution in [1.82, 2.24) is 19.8 Å². The Labute approximate surface area is 126 Å². The van der Waals surface area contributed by atoms with Crippen molar-refractivity contribution < 1.29 is 13.9 Å². The molecule has 22 heavy (non-hydrogen) atoms. The number of tetrazole rings is 1. The molecule has 0 amide bonds. The Hall–Kier alpha value is -2.38. The van der Waals surface area contributed by atoms with Crippen LogP contribution in [0.15, 0.2) is 21.3 Å². The molecule has 1 aliphatic rings. The average Bonchev–Trinajstić information content (AvgIpc) is 2.98. The van der Waals surface area contributed by atoms with Crippen LogP contribution in [0.25, 0.3) is 0 Å². The molecular formula is C14H18N4O4. The Bertz CT molecular complexity index is 723. The first-order chi connectivity index (χ1) is 10.5. The van der Waals surface area contributed by atoms with Crippen LogP contribution in [0.5, 0.6) is 0 Å². The van der Waals surface area contributed by atoms with E-state index in [9.17, 15) is 9.59 Å². The molecule has 118 valence electrons. The summed E-state index contributed by atoms with van der Waals surface area (Å²) in [5.74, 6) is 0.0494. The Kier molecular flexibility index (Phi) is 3.82. The Morgan fingerprint density at radius 3 is 2.82 bits per heavy atom. The monoisotopic (exact) mass is 306 g/mol. The Morgan fingerprint density at radius 1 is 1.41 bits per heavy atom. The van der Waals surface area contributed by atoms with E-state index in [2.05, 4.69) is 10.4 Å². The SMILES string of the molecule is CC(C)OC(=O)c1ccc(Cn2nnn(C3CCC3)c2=O)o1. The molecule has 2 aromatic heterocycles. The number of furan rings is 1. The molecule has 0 aromatic carbocycles. The molecule has 0 N–H and O–H groups in total. The predicted molar refractivity (Wildman–Crippen MR) is 75.5 cm³/mol. The maximum atomic E-state index is 12.2. The zero-order valence-corrected chi connectivity index (χ0v) is 12.6. The van der Waals surface area contributed by atoms with Crippen molar-refractivity contribution >= 4 is 5.97 Å². The van der Waals surface area contributed by atoms with Crippen LogP contribution in [0.2, 0.25) is 0 Å². The molecule has 0 radical (unpaired) electrons. The van der Waals surface area contributed by atoms with Crippen LogP contribution in [-0.4, -0.2) is 31.9 Å². The smallest absolute Gasteiger partial charge is 0.374 e. The number of hydrogen-bond acceptors (Lipinski definition) is 6. The molecule has 3 rings (SSSR count). The molecule has 0 unspecified atom stereocenters. The van der Waals surface area contributed by atoms with E-state index >= 15 is 0 Å². The molecule has 0 aliphatic heterocycles. The zero-order chi connectivity index (χ0) is 15.7. The van der Waals surface area contributed by atoms with Crippen LogP contribution in [0.1, 0.15) is 55.5 Å². The second kappa shape index (κ2) is 5.78. The van der Waals surface area contributed by atoms with Gasteiger partial charge in [-0.2, -0.15) is 9.36 Å². The Morgan fingerprint density at radius 2 is 2.18 bits per heavy atom. The second-order valence-electron chi connectivity index (χ2n) is 5.67. The Balaban J connectivity index is 1.71. The van der Waals surface area contributed by atoms with Gasteiger partial charge in [0.1, 0.15) is 12.3 Å². The van der Waals surface area contributed by atoms with Gasteiger partial charge in [0.05, 0.1) is 12.1 Å². The molecule has 1 fully saturated rings. The minimum atomic E-state index is -0.522. The topological polar surface area (TPSA) is 92.2 Å². The normalized spacial score (nSPS) is 15.0. The van der Waals surface area contributed by atoms with Crippen molar-refractivity contribution in [3.05, 3.63) is 34.1 Å². The van der Waals surface area contributed by atoms with E-state index in [1.807, 2.05) is 0 Å². The van der Waals surface area contributed by atoms with Crippen molar-refractivity contribution in [2.75, 3.05) is 0 Å². The van der Waals surface area contributed by atoms with E-state index in [0.29, 0.717) is 5.76 Å². The van der Waals surface area contributed by atoms with E-state index in [1.165, 1.54) is 15.4 Å². The number of ether oxygens (including phenoxy) is 1. The molecular weight excluding hydrogens is 288 g/mol. The fourth-order valence-corrected chi connectivity index (χ4v) is 2.24. The number of hydrogen-bond donors (Lipinski definition) is 0. The summed E-state index contributed by atoms with van der Waals surface area (Å²) in [5.41, 5.74) is -0.257. The molecule has 2 heterocycles. The summed E-state index contributed by atoms with van der Waals surface area (Å²) in [6, 6.07) is 3.32. The van der Waals surface area contributed by atoms with Gasteiger partial charge in [0.2, 0.25) is 5.76 Å². The van der Waals surface area contributed by atoms with E-state index in [1.54, 1.807) is 19.9 Å². The number of rotatable bonds is 5. The molecule has 8 heteroatoms. The molecule has 0 saturated heterocycles. The van der Waals surface area contributed by atoms with Gasteiger partial charge in [-0.25, -0.2) is 9.59 Å². The molecule has 2 aromatic rings. The van der Waals surface area contributed by atoms with Gasteiger partial charge in [-0.15, -0.1) is 0 Å². The minimum Gasteiger partial charge on any atom is -0.457 e. The van der Waals surface area contributed by atoms with E-state index < -0.39 is 5.97 Å². The highest BCUT2D eigenvalue weighted by Crippen LogP contribution is 2.29.